The van der Waals surface area contributed by atoms with Gasteiger partial charge in [0.15, 0.2) is 17.3 Å². The third kappa shape index (κ3) is 33.1. The number of nitrogens with one attached hydrogen (secondary N) is 6. The number of amides is 7. The zero-order chi connectivity index (χ0) is 82.8. The Morgan fingerprint density at radius 1 is 0.646 bits per heavy atom. The van der Waals surface area contributed by atoms with Gasteiger partial charge in [-0.05, 0) is 119 Å². The first-order chi connectivity index (χ1) is 53.7. The number of ketones is 3. The number of rotatable bonds is 48. The number of hydrogen-bond donors (Lipinski definition) is 9. The lowest BCUT2D eigenvalue weighted by Gasteiger charge is -2.30. The third-order valence-electron chi connectivity index (χ3n) is 18.2. The standard InChI is InChI=1S/C76H106N16O17S4/c1-75(2,3)112-110-45-59(85-74(106)109-43-48-25-29-53(30-26-48)87-89-79)63(94)31-32-65(96)82-57(20-12-14-34-90(7)8)64(95)39-50(37-51-41-81-56-19-10-9-18-55(51)56)69(101)84-60(46-111-113-76(4,5)6)71(103)92-36-16-22-62(92)72(104)107-44-54(93)38-49(17-11-13-33-80-73(105)108-42-47-23-27-52(28-24-47)86-88-78)68(100)83-58(40-66(97)98)70(102)91-35-15-21-61(91)67(77)99/h9-10,18-19,23-30,41,49-50,57-62,65,81-82,96H,11-17,20-22,31-40,42-46H2,1-8H3,(H2,77,99)(H,80,105)(H,83,100)(H,84,101)(H,85,106)(H,97,98)/t49-,50-,57+,58+,59+,60+,61+,62+,65?/m1/s1. The number of para-hydroxylation sites is 1. The quantitative estimate of drug-likeness (QED) is 0.00290. The summed E-state index contributed by atoms with van der Waals surface area (Å²) in [4.78, 5) is 179. The van der Waals surface area contributed by atoms with Crippen molar-refractivity contribution in [2.24, 2.45) is 27.8 Å². The summed E-state index contributed by atoms with van der Waals surface area (Å²) in [5, 5.41) is 43.3. The van der Waals surface area contributed by atoms with Gasteiger partial charge in [0.25, 0.3) is 0 Å². The summed E-state index contributed by atoms with van der Waals surface area (Å²) >= 11 is 0. The molecule has 2 fully saturated rings. The average Bonchev–Trinajstić information content (AvgIpc) is 1.73. The number of azide groups is 2. The highest BCUT2D eigenvalue weighted by atomic mass is 33.1. The molecule has 2 aliphatic heterocycles. The van der Waals surface area contributed by atoms with Crippen LogP contribution in [0.5, 0.6) is 0 Å². The molecule has 33 nitrogen and oxygen atoms in total. The number of primary amides is 1. The molecule has 0 spiro atoms. The van der Waals surface area contributed by atoms with Crippen LogP contribution in [0.2, 0.25) is 0 Å². The largest absolute Gasteiger partial charge is 0.481 e. The fourth-order valence-corrected chi connectivity index (χ4v) is 17.5. The van der Waals surface area contributed by atoms with Gasteiger partial charge in [0.1, 0.15) is 56.3 Å². The third-order valence-corrected chi connectivity index (χ3v) is 24.9. The number of hydrogen-bond acceptors (Lipinski definition) is 24. The molecule has 6 rings (SSSR count). The lowest BCUT2D eigenvalue weighted by atomic mass is 9.89. The van der Waals surface area contributed by atoms with Crippen molar-refractivity contribution in [1.82, 2.24) is 46.3 Å². The second-order valence-electron chi connectivity index (χ2n) is 30.0. The monoisotopic (exact) mass is 1640 g/mol. The number of esters is 1. The zero-order valence-electron chi connectivity index (χ0n) is 65.1. The van der Waals surface area contributed by atoms with Gasteiger partial charge in [0, 0.05) is 110 Å². The topological polar surface area (TPSA) is 482 Å². The highest BCUT2D eigenvalue weighted by Gasteiger charge is 2.42. The minimum atomic E-state index is -1.67. The molecule has 0 aliphatic carbocycles. The smallest absolute Gasteiger partial charge is 0.408 e. The SMILES string of the molecule is CN(C)CCCC[C@H](NC(O)CCC(=O)[C@H](CSSC(C)(C)C)NC(=O)OCc1ccc(N=[N+]=[N-])cc1)C(=O)C[C@@H](Cc1c[nH]c2ccccc12)C(=O)N[C@@H](CSSC(C)(C)C)C(=O)N1CCC[C@H]1C(=O)OCC(=O)C[C@@H](CCCCNC(=O)OCc1ccc(N=[N+]=[N-])cc1)C(=O)N[C@@H](CC(=O)O)C(=O)N1CCC[C@H]1C(N)=O. The zero-order valence-corrected chi connectivity index (χ0v) is 68.4. The van der Waals surface area contributed by atoms with Crippen molar-refractivity contribution in [1.29, 1.82) is 0 Å². The van der Waals surface area contributed by atoms with E-state index < -0.39 is 145 Å². The van der Waals surface area contributed by atoms with Crippen molar-refractivity contribution < 1.29 is 82.0 Å². The molecule has 3 heterocycles. The summed E-state index contributed by atoms with van der Waals surface area (Å²) in [6.45, 7) is 11.7. The van der Waals surface area contributed by atoms with Gasteiger partial charge in [-0.2, -0.15) is 0 Å². The van der Waals surface area contributed by atoms with E-state index in [1.54, 1.807) is 54.7 Å². The van der Waals surface area contributed by atoms with Crippen LogP contribution in [0.3, 0.4) is 0 Å². The minimum Gasteiger partial charge on any atom is -0.481 e. The van der Waals surface area contributed by atoms with E-state index in [4.69, 9.17) is 31.0 Å². The van der Waals surface area contributed by atoms with Crippen molar-refractivity contribution in [3.05, 3.63) is 117 Å². The number of nitrogens with zero attached hydrogens (tertiary/aromatic N) is 9. The highest BCUT2D eigenvalue weighted by Crippen LogP contribution is 2.37. The molecule has 616 valence electrons. The van der Waals surface area contributed by atoms with Crippen molar-refractivity contribution in [3.8, 4) is 0 Å². The molecule has 4 aromatic rings. The number of carbonyl (C=O) groups is 12. The van der Waals surface area contributed by atoms with Crippen LogP contribution >= 0.6 is 43.2 Å². The number of aromatic amines is 1. The number of benzene rings is 3. The molecule has 3 aromatic carbocycles. The number of unbranched alkanes of at least 4 members (excludes halogenated alkanes) is 2. The number of aliphatic hydroxyl groups excluding tert-OH is 1. The normalized spacial score (nSPS) is 16.1. The van der Waals surface area contributed by atoms with Crippen LogP contribution in [0.4, 0.5) is 21.0 Å². The van der Waals surface area contributed by atoms with E-state index in [2.05, 4.69) is 51.6 Å². The van der Waals surface area contributed by atoms with Gasteiger partial charge in [-0.15, -0.1) is 0 Å². The molecule has 37 heteroatoms. The molecule has 2 saturated heterocycles. The molecule has 1 unspecified atom stereocenters. The first-order valence-corrected chi connectivity index (χ1v) is 42.2. The number of Topliss-reactive ketones (excluding diaryl/α,β-unsaturated/α-hetero) is 3. The maximum absolute atomic E-state index is 15.3. The van der Waals surface area contributed by atoms with E-state index in [0.717, 1.165) is 15.8 Å². The number of ether oxygens (including phenoxy) is 3. The van der Waals surface area contributed by atoms with Gasteiger partial charge in [0.2, 0.25) is 29.5 Å². The molecular formula is C76H106N16O17S4. The van der Waals surface area contributed by atoms with E-state index in [0.29, 0.717) is 60.3 Å². The van der Waals surface area contributed by atoms with E-state index in [-0.39, 0.29) is 118 Å². The minimum absolute atomic E-state index is 0.00269. The van der Waals surface area contributed by atoms with Crippen LogP contribution in [-0.2, 0) is 81.8 Å². The number of nitrogens with two attached hydrogens (primary N) is 1. The van der Waals surface area contributed by atoms with Gasteiger partial charge in [-0.3, -0.25) is 48.5 Å². The van der Waals surface area contributed by atoms with Crippen LogP contribution in [0.25, 0.3) is 31.8 Å². The Kier molecular flexibility index (Phi) is 38.6. The maximum Gasteiger partial charge on any atom is 0.408 e. The fraction of sp³-hybridized carbons (Fsp3) is 0.579. The number of carboxylic acid groups (broad SMARTS) is 1. The molecule has 0 saturated carbocycles. The number of carbonyl (C=O) groups excluding carboxylic acids is 11. The van der Waals surface area contributed by atoms with Gasteiger partial charge in [0.05, 0.1) is 12.5 Å². The summed E-state index contributed by atoms with van der Waals surface area (Å²) < 4.78 is 15.9. The maximum atomic E-state index is 15.3. The molecular weight excluding hydrogens is 1540 g/mol. The van der Waals surface area contributed by atoms with E-state index in [9.17, 15) is 53.4 Å². The average molecular weight is 1640 g/mol. The van der Waals surface area contributed by atoms with E-state index >= 15 is 14.4 Å². The molecule has 2 aliphatic rings. The van der Waals surface area contributed by atoms with Crippen LogP contribution < -0.4 is 32.3 Å². The summed E-state index contributed by atoms with van der Waals surface area (Å²) in [5.41, 5.74) is 26.5. The predicted molar refractivity (Wildman–Crippen MR) is 433 cm³/mol. The number of H-pyrrole nitrogens is 1. The Morgan fingerprint density at radius 3 is 1.80 bits per heavy atom. The van der Waals surface area contributed by atoms with Crippen LogP contribution in [0, 0.1) is 11.8 Å². The number of fused-ring (bicyclic) bond motifs is 1. The summed E-state index contributed by atoms with van der Waals surface area (Å²) in [5.74, 6) is -10.1. The van der Waals surface area contributed by atoms with E-state index in [1.165, 1.54) is 48.1 Å². The second kappa shape index (κ2) is 47.0. The number of aromatic nitrogens is 1. The molecule has 9 atom stereocenters. The Labute approximate surface area is 673 Å². The van der Waals surface area contributed by atoms with Crippen molar-refractivity contribution in [2.45, 2.75) is 209 Å². The number of likely N-dealkylation sites (tertiary alicyclic amines) is 2. The summed E-state index contributed by atoms with van der Waals surface area (Å²) in [6.07, 6.45) is -0.602. The first kappa shape index (κ1) is 92.8. The van der Waals surface area contributed by atoms with Gasteiger partial charge >= 0.3 is 24.1 Å². The van der Waals surface area contributed by atoms with E-state index in [1.807, 2.05) is 84.8 Å². The fourth-order valence-electron chi connectivity index (χ4n) is 12.6. The van der Waals surface area contributed by atoms with Gasteiger partial charge in [-0.25, -0.2) is 14.4 Å². The highest BCUT2D eigenvalue weighted by molar-refractivity contribution is 8.77. The molecule has 0 bridgehead atoms. The Balaban J connectivity index is 1.17. The molecule has 10 N–H and O–H groups in total. The number of aliphatic carboxylic acids is 1. The Bertz CT molecular complexity index is 4000. The first-order valence-electron chi connectivity index (χ1n) is 37.5. The number of aliphatic hydroxyl groups is 1. The van der Waals surface area contributed by atoms with Gasteiger partial charge in [-0.1, -0.05) is 175 Å². The molecule has 1 aromatic heterocycles. The van der Waals surface area contributed by atoms with Crippen LogP contribution in [-0.4, -0.2) is 211 Å². The number of alkyl carbamates (subject to hydrolysis) is 2. The molecule has 7 amide bonds. The molecule has 0 radical (unpaired) electrons. The van der Waals surface area contributed by atoms with Crippen LogP contribution in [0.15, 0.2) is 89.2 Å². The van der Waals surface area contributed by atoms with Crippen molar-refractivity contribution in [2.75, 3.05) is 58.4 Å². The Hall–Kier alpha value is -9.06. The van der Waals surface area contributed by atoms with Crippen molar-refractivity contribution in [3.63, 3.8) is 0 Å². The lowest BCUT2D eigenvalue weighted by Crippen LogP contribution is -2.54. The summed E-state index contributed by atoms with van der Waals surface area (Å²) in [6, 6.07) is 12.9. The lowest BCUT2D eigenvalue weighted by molar-refractivity contribution is -0.156. The Morgan fingerprint density at radius 2 is 1.20 bits per heavy atom. The van der Waals surface area contributed by atoms with Gasteiger partial charge < -0.3 is 71.1 Å². The predicted octanol–water partition coefficient (Wildman–Crippen LogP) is 10.3. The second-order valence-corrected chi connectivity index (χ2v) is 36.3. The van der Waals surface area contributed by atoms with Crippen LogP contribution in [0.1, 0.15) is 155 Å². The molecule has 113 heavy (non-hydrogen) atoms. The summed E-state index contributed by atoms with van der Waals surface area (Å²) in [7, 11) is 9.50. The van der Waals surface area contributed by atoms with Crippen molar-refractivity contribution >= 4 is 136 Å². The number of carboxylic acids is 1.